The van der Waals surface area contributed by atoms with Crippen molar-refractivity contribution in [2.75, 3.05) is 21.3 Å². The zero-order valence-corrected chi connectivity index (χ0v) is 13.5. The van der Waals surface area contributed by atoms with E-state index in [1.165, 1.54) is 27.8 Å². The van der Waals surface area contributed by atoms with Crippen LogP contribution >= 0.6 is 0 Å². The first-order chi connectivity index (χ1) is 10.7. The number of benzene rings is 2. The lowest BCUT2D eigenvalue weighted by Gasteiger charge is -2.30. The van der Waals surface area contributed by atoms with Gasteiger partial charge in [-0.15, -0.1) is 0 Å². The number of nitrogens with zero attached hydrogens (tertiary/aromatic N) is 1. The molecular weight excluding hydrogens is 274 g/mol. The number of fused-ring (bicyclic) bond motifs is 2. The van der Waals surface area contributed by atoms with Crippen molar-refractivity contribution in [1.82, 2.24) is 4.90 Å². The van der Waals surface area contributed by atoms with Crippen molar-refractivity contribution in [3.05, 3.63) is 47.0 Å². The van der Waals surface area contributed by atoms with Crippen molar-refractivity contribution >= 4 is 0 Å². The topological polar surface area (TPSA) is 21.7 Å². The third kappa shape index (κ3) is 1.60. The minimum atomic E-state index is 0.460. The molecule has 0 bridgehead atoms. The van der Waals surface area contributed by atoms with Crippen LogP contribution in [0.3, 0.4) is 0 Å². The number of likely N-dealkylation sites (N-methyl/N-ethyl adjacent to an activating group) is 1. The molecule has 1 aliphatic heterocycles. The summed E-state index contributed by atoms with van der Waals surface area (Å²) in [5.74, 6) is 1.66. The molecule has 114 valence electrons. The Bertz CT molecular complexity index is 753. The monoisotopic (exact) mass is 295 g/mol. The first kappa shape index (κ1) is 13.6. The third-order valence-corrected chi connectivity index (χ3v) is 5.34. The highest BCUT2D eigenvalue weighted by atomic mass is 16.5. The van der Waals surface area contributed by atoms with E-state index in [9.17, 15) is 0 Å². The Morgan fingerprint density at radius 2 is 1.91 bits per heavy atom. The molecule has 0 saturated heterocycles. The standard InChI is InChI=1S/C19H21NO2/c1-11-13-6-5-7-14-17-12(10-15(18(13)14)20(11)2)8-9-16(21-3)19(17)22-4/h5-9,11,15H,10H2,1-4H3/t11-,15-/m1/s1. The fraction of sp³-hybridized carbons (Fsp3) is 0.368. The van der Waals surface area contributed by atoms with Crippen LogP contribution in [0.5, 0.6) is 11.5 Å². The minimum absolute atomic E-state index is 0.460. The van der Waals surface area contributed by atoms with Crippen molar-refractivity contribution in [3.63, 3.8) is 0 Å². The molecule has 0 amide bonds. The lowest BCUT2D eigenvalue weighted by Crippen LogP contribution is -2.23. The van der Waals surface area contributed by atoms with Crippen LogP contribution in [0.2, 0.25) is 0 Å². The molecule has 3 nitrogen and oxygen atoms in total. The average molecular weight is 295 g/mol. The van der Waals surface area contributed by atoms with Crippen LogP contribution in [0, 0.1) is 0 Å². The summed E-state index contributed by atoms with van der Waals surface area (Å²) < 4.78 is 11.2. The van der Waals surface area contributed by atoms with Crippen LogP contribution in [0.4, 0.5) is 0 Å². The Hall–Kier alpha value is -2.00. The van der Waals surface area contributed by atoms with Gasteiger partial charge in [-0.25, -0.2) is 0 Å². The molecule has 0 aromatic heterocycles. The van der Waals surface area contributed by atoms with Crippen LogP contribution in [0.1, 0.15) is 35.7 Å². The molecule has 2 atom stereocenters. The lowest BCUT2D eigenvalue weighted by molar-refractivity contribution is 0.216. The number of methoxy groups -OCH3 is 2. The zero-order valence-electron chi connectivity index (χ0n) is 13.5. The molecule has 3 heteroatoms. The average Bonchev–Trinajstić information content (AvgIpc) is 2.80. The normalized spacial score (nSPS) is 22.2. The van der Waals surface area contributed by atoms with E-state index in [4.69, 9.17) is 9.47 Å². The molecule has 0 unspecified atom stereocenters. The number of rotatable bonds is 2. The van der Waals surface area contributed by atoms with E-state index in [0.29, 0.717) is 12.1 Å². The van der Waals surface area contributed by atoms with Gasteiger partial charge in [-0.05, 0) is 48.7 Å². The van der Waals surface area contributed by atoms with Gasteiger partial charge in [-0.1, -0.05) is 24.3 Å². The number of hydrogen-bond acceptors (Lipinski definition) is 3. The van der Waals surface area contributed by atoms with Crippen LogP contribution < -0.4 is 9.47 Å². The quantitative estimate of drug-likeness (QED) is 0.836. The predicted octanol–water partition coefficient (Wildman–Crippen LogP) is 3.97. The summed E-state index contributed by atoms with van der Waals surface area (Å²) >= 11 is 0. The van der Waals surface area contributed by atoms with E-state index in [0.717, 1.165) is 17.9 Å². The van der Waals surface area contributed by atoms with E-state index in [2.05, 4.69) is 43.1 Å². The Morgan fingerprint density at radius 3 is 2.64 bits per heavy atom. The van der Waals surface area contributed by atoms with Crippen molar-refractivity contribution in [2.45, 2.75) is 25.4 Å². The second-order valence-electron chi connectivity index (χ2n) is 6.21. The lowest BCUT2D eigenvalue weighted by atomic mass is 9.81. The Labute approximate surface area is 131 Å². The van der Waals surface area contributed by atoms with Gasteiger partial charge in [0.15, 0.2) is 11.5 Å². The van der Waals surface area contributed by atoms with Gasteiger partial charge in [-0.2, -0.15) is 0 Å². The molecule has 2 aromatic rings. The number of hydrogen-bond donors (Lipinski definition) is 0. The molecule has 0 N–H and O–H groups in total. The fourth-order valence-electron chi connectivity index (χ4n) is 4.12. The molecule has 0 spiro atoms. The van der Waals surface area contributed by atoms with Crippen LogP contribution in [0.15, 0.2) is 30.3 Å². The third-order valence-electron chi connectivity index (χ3n) is 5.34. The first-order valence-electron chi connectivity index (χ1n) is 7.76. The highest BCUT2D eigenvalue weighted by Crippen LogP contribution is 2.54. The maximum Gasteiger partial charge on any atom is 0.168 e. The van der Waals surface area contributed by atoms with E-state index >= 15 is 0 Å². The SMILES string of the molecule is COc1ccc2c(c1OC)-c1cccc3c1[C@@H](C2)N(C)[C@@H]3C. The van der Waals surface area contributed by atoms with E-state index in [1.54, 1.807) is 14.2 Å². The summed E-state index contributed by atoms with van der Waals surface area (Å²) in [6.45, 7) is 2.29. The highest BCUT2D eigenvalue weighted by Gasteiger charge is 2.39. The van der Waals surface area contributed by atoms with Gasteiger partial charge in [0.2, 0.25) is 0 Å². The van der Waals surface area contributed by atoms with E-state index in [-0.39, 0.29) is 0 Å². The molecule has 0 radical (unpaired) electrons. The molecule has 1 heterocycles. The minimum Gasteiger partial charge on any atom is -0.493 e. The Morgan fingerprint density at radius 1 is 1.09 bits per heavy atom. The van der Waals surface area contributed by atoms with E-state index < -0.39 is 0 Å². The molecular formula is C19H21NO2. The fourth-order valence-corrected chi connectivity index (χ4v) is 4.12. The van der Waals surface area contributed by atoms with Gasteiger partial charge in [-0.3, -0.25) is 4.90 Å². The van der Waals surface area contributed by atoms with Gasteiger partial charge in [0.25, 0.3) is 0 Å². The zero-order chi connectivity index (χ0) is 15.4. The summed E-state index contributed by atoms with van der Waals surface area (Å²) in [5.41, 5.74) is 6.76. The predicted molar refractivity (Wildman–Crippen MR) is 87.6 cm³/mol. The molecule has 1 aliphatic carbocycles. The summed E-state index contributed by atoms with van der Waals surface area (Å²) in [4.78, 5) is 2.48. The molecule has 0 fully saturated rings. The summed E-state index contributed by atoms with van der Waals surface area (Å²) in [6.07, 6.45) is 1.03. The Kier molecular flexibility index (Phi) is 2.95. The smallest absolute Gasteiger partial charge is 0.168 e. The molecule has 2 aromatic carbocycles. The van der Waals surface area contributed by atoms with Crippen molar-refractivity contribution < 1.29 is 9.47 Å². The van der Waals surface area contributed by atoms with Crippen molar-refractivity contribution in [2.24, 2.45) is 0 Å². The number of ether oxygens (including phenoxy) is 2. The highest BCUT2D eigenvalue weighted by molar-refractivity contribution is 5.83. The molecule has 4 rings (SSSR count). The largest absolute Gasteiger partial charge is 0.493 e. The van der Waals surface area contributed by atoms with Crippen LogP contribution in [0.25, 0.3) is 11.1 Å². The van der Waals surface area contributed by atoms with Crippen molar-refractivity contribution in [1.29, 1.82) is 0 Å². The van der Waals surface area contributed by atoms with Gasteiger partial charge in [0.05, 0.1) is 14.2 Å². The Balaban J connectivity index is 2.03. The van der Waals surface area contributed by atoms with Gasteiger partial charge < -0.3 is 9.47 Å². The van der Waals surface area contributed by atoms with Crippen LogP contribution in [-0.4, -0.2) is 26.2 Å². The summed E-state index contributed by atoms with van der Waals surface area (Å²) in [5, 5.41) is 0. The van der Waals surface area contributed by atoms with Crippen molar-refractivity contribution in [3.8, 4) is 22.6 Å². The van der Waals surface area contributed by atoms with Gasteiger partial charge in [0.1, 0.15) is 0 Å². The van der Waals surface area contributed by atoms with Gasteiger partial charge in [0, 0.05) is 17.6 Å². The second kappa shape index (κ2) is 4.75. The molecule has 0 saturated carbocycles. The molecule has 2 aliphatic rings. The summed E-state index contributed by atoms with van der Waals surface area (Å²) in [7, 11) is 5.65. The maximum atomic E-state index is 5.70. The van der Waals surface area contributed by atoms with E-state index in [1.807, 2.05) is 6.07 Å². The second-order valence-corrected chi connectivity index (χ2v) is 6.21. The summed E-state index contributed by atoms with van der Waals surface area (Å²) in [6, 6.07) is 11.8. The maximum absolute atomic E-state index is 5.70. The van der Waals surface area contributed by atoms with Crippen LogP contribution in [-0.2, 0) is 6.42 Å². The molecule has 22 heavy (non-hydrogen) atoms. The first-order valence-corrected chi connectivity index (χ1v) is 7.76. The van der Waals surface area contributed by atoms with Gasteiger partial charge >= 0.3 is 0 Å².